The summed E-state index contributed by atoms with van der Waals surface area (Å²) in [5.41, 5.74) is 0.972. The Balaban J connectivity index is 1.69. The maximum Gasteiger partial charge on any atom is 0.297 e. The molecule has 146 valence electrons. The van der Waals surface area contributed by atoms with Crippen molar-refractivity contribution < 1.29 is 31.5 Å². The smallest absolute Gasteiger partial charge is 0.297 e. The highest BCUT2D eigenvalue weighted by Gasteiger charge is 2.50. The highest BCUT2D eigenvalue weighted by Crippen LogP contribution is 2.36. The Hall–Kier alpha value is -1.03. The average Bonchev–Trinajstić information content (AvgIpc) is 3.04. The Morgan fingerprint density at radius 2 is 1.69 bits per heavy atom. The summed E-state index contributed by atoms with van der Waals surface area (Å²) in [5, 5.41) is 0. The molecule has 2 fully saturated rings. The van der Waals surface area contributed by atoms with Gasteiger partial charge in [-0.25, -0.2) is 0 Å². The summed E-state index contributed by atoms with van der Waals surface area (Å²) in [4.78, 5) is 0.111. The van der Waals surface area contributed by atoms with Gasteiger partial charge >= 0.3 is 0 Å². The molecule has 0 amide bonds. The molecule has 0 N–H and O–H groups in total. The summed E-state index contributed by atoms with van der Waals surface area (Å²) in [6.07, 6.45) is -1.44. The Labute approximate surface area is 154 Å². The molecule has 1 aromatic rings. The van der Waals surface area contributed by atoms with Gasteiger partial charge in [-0.3, -0.25) is 4.18 Å². The van der Waals surface area contributed by atoms with Crippen molar-refractivity contribution in [2.45, 2.75) is 69.4 Å². The molecule has 2 aliphatic heterocycles. The molecule has 26 heavy (non-hydrogen) atoms. The first kappa shape index (κ1) is 19.7. The van der Waals surface area contributed by atoms with Gasteiger partial charge < -0.3 is 18.9 Å². The predicted molar refractivity (Wildman–Crippen MR) is 93.0 cm³/mol. The van der Waals surface area contributed by atoms with E-state index in [1.54, 1.807) is 26.0 Å². The van der Waals surface area contributed by atoms with Crippen LogP contribution in [0.1, 0.15) is 33.3 Å². The van der Waals surface area contributed by atoms with Crippen LogP contribution in [-0.4, -0.2) is 51.5 Å². The third-order valence-electron chi connectivity index (χ3n) is 4.32. The zero-order chi connectivity index (χ0) is 19.2. The Kier molecular flexibility index (Phi) is 5.20. The van der Waals surface area contributed by atoms with Gasteiger partial charge in [-0.05, 0) is 46.8 Å². The third kappa shape index (κ3) is 4.44. The van der Waals surface area contributed by atoms with E-state index in [1.165, 1.54) is 12.1 Å². The molecule has 2 saturated heterocycles. The van der Waals surface area contributed by atoms with Gasteiger partial charge in [0.1, 0.15) is 18.3 Å². The molecule has 2 aliphatic rings. The van der Waals surface area contributed by atoms with Crippen molar-refractivity contribution in [2.24, 2.45) is 0 Å². The molecular weight excluding hydrogens is 360 g/mol. The van der Waals surface area contributed by atoms with E-state index in [9.17, 15) is 8.42 Å². The second-order valence-electron chi connectivity index (χ2n) is 7.56. The minimum absolute atomic E-state index is 0.111. The summed E-state index contributed by atoms with van der Waals surface area (Å²) in [5.74, 6) is -1.57. The molecule has 0 aliphatic carbocycles. The van der Waals surface area contributed by atoms with Gasteiger partial charge in [0.2, 0.25) is 0 Å². The fourth-order valence-electron chi connectivity index (χ4n) is 3.11. The largest absolute Gasteiger partial charge is 0.348 e. The summed E-state index contributed by atoms with van der Waals surface area (Å²) in [6.45, 7) is 9.26. The van der Waals surface area contributed by atoms with Crippen LogP contribution in [0, 0.1) is 6.92 Å². The van der Waals surface area contributed by atoms with E-state index in [0.717, 1.165) is 5.56 Å². The normalized spacial score (nSPS) is 30.6. The van der Waals surface area contributed by atoms with E-state index in [2.05, 4.69) is 0 Å². The van der Waals surface area contributed by atoms with Crippen LogP contribution in [0.25, 0.3) is 0 Å². The molecule has 0 radical (unpaired) electrons. The molecule has 1 aromatic carbocycles. The van der Waals surface area contributed by atoms with Crippen molar-refractivity contribution >= 4 is 10.1 Å². The van der Waals surface area contributed by atoms with Gasteiger partial charge in [-0.1, -0.05) is 17.7 Å². The molecule has 7 nitrogen and oxygen atoms in total. The van der Waals surface area contributed by atoms with Crippen molar-refractivity contribution in [3.05, 3.63) is 29.8 Å². The minimum atomic E-state index is -3.88. The molecule has 0 bridgehead atoms. The third-order valence-corrected chi connectivity index (χ3v) is 5.61. The van der Waals surface area contributed by atoms with Gasteiger partial charge in [-0.2, -0.15) is 8.42 Å². The SMILES string of the molecule is Cc1ccc(S(=O)(=O)OC[C@@H]2OC(C)(C)O[C@@H]2[C@@H]2COC(C)(C)O2)cc1. The molecule has 8 heteroatoms. The number of ether oxygens (including phenoxy) is 4. The van der Waals surface area contributed by atoms with E-state index in [4.69, 9.17) is 23.1 Å². The predicted octanol–water partition coefficient (Wildman–Crippen LogP) is 2.37. The van der Waals surface area contributed by atoms with Crippen LogP contribution < -0.4 is 0 Å². The second-order valence-corrected chi connectivity index (χ2v) is 9.17. The zero-order valence-electron chi connectivity index (χ0n) is 15.7. The van der Waals surface area contributed by atoms with Gasteiger partial charge in [-0.15, -0.1) is 0 Å². The fourth-order valence-corrected chi connectivity index (χ4v) is 4.03. The first-order valence-electron chi connectivity index (χ1n) is 8.61. The number of benzene rings is 1. The fraction of sp³-hybridized carbons (Fsp3) is 0.667. The van der Waals surface area contributed by atoms with Crippen molar-refractivity contribution in [2.75, 3.05) is 13.2 Å². The molecule has 0 spiro atoms. The van der Waals surface area contributed by atoms with Crippen molar-refractivity contribution in [1.29, 1.82) is 0 Å². The van der Waals surface area contributed by atoms with Gasteiger partial charge in [0.05, 0.1) is 18.1 Å². The quantitative estimate of drug-likeness (QED) is 0.719. The molecule has 3 atom stereocenters. The first-order chi connectivity index (χ1) is 12.0. The summed E-state index contributed by atoms with van der Waals surface area (Å²) < 4.78 is 53.3. The van der Waals surface area contributed by atoms with E-state index < -0.39 is 33.9 Å². The lowest BCUT2D eigenvalue weighted by Gasteiger charge is -2.23. The zero-order valence-corrected chi connectivity index (χ0v) is 16.5. The first-order valence-corrected chi connectivity index (χ1v) is 10.0. The minimum Gasteiger partial charge on any atom is -0.348 e. The topological polar surface area (TPSA) is 80.3 Å². The lowest BCUT2D eigenvalue weighted by molar-refractivity contribution is -0.174. The van der Waals surface area contributed by atoms with Crippen molar-refractivity contribution in [3.8, 4) is 0 Å². The van der Waals surface area contributed by atoms with Crippen molar-refractivity contribution in [3.63, 3.8) is 0 Å². The van der Waals surface area contributed by atoms with E-state index in [1.807, 2.05) is 20.8 Å². The summed E-state index contributed by atoms with van der Waals surface area (Å²) in [7, 11) is -3.88. The molecule has 3 rings (SSSR count). The molecule has 0 aromatic heterocycles. The molecule has 2 heterocycles. The van der Waals surface area contributed by atoms with Gasteiger partial charge in [0.25, 0.3) is 10.1 Å². The van der Waals surface area contributed by atoms with E-state index in [-0.39, 0.29) is 17.6 Å². The van der Waals surface area contributed by atoms with Crippen molar-refractivity contribution in [1.82, 2.24) is 0 Å². The van der Waals surface area contributed by atoms with Crippen LogP contribution in [0.3, 0.4) is 0 Å². The Morgan fingerprint density at radius 3 is 2.27 bits per heavy atom. The van der Waals surface area contributed by atoms with Gasteiger partial charge in [0, 0.05) is 0 Å². The standard InChI is InChI=1S/C18H26O7S/c1-12-6-8-13(9-7-12)26(19,20)22-11-15-16(25-18(4,5)24-15)14-10-21-17(2,3)23-14/h6-9,14-16H,10-11H2,1-5H3/t14-,15-,16+/m0/s1. The van der Waals surface area contributed by atoms with Crippen LogP contribution >= 0.6 is 0 Å². The Morgan fingerprint density at radius 1 is 1.04 bits per heavy atom. The van der Waals surface area contributed by atoms with Crippen LogP contribution in [-0.2, 0) is 33.2 Å². The van der Waals surface area contributed by atoms with Crippen LogP contribution in [0.4, 0.5) is 0 Å². The summed E-state index contributed by atoms with van der Waals surface area (Å²) >= 11 is 0. The number of hydrogen-bond acceptors (Lipinski definition) is 7. The lowest BCUT2D eigenvalue weighted by atomic mass is 10.1. The van der Waals surface area contributed by atoms with E-state index >= 15 is 0 Å². The number of aryl methyl sites for hydroxylation is 1. The van der Waals surface area contributed by atoms with Gasteiger partial charge in [0.15, 0.2) is 11.6 Å². The van der Waals surface area contributed by atoms with E-state index in [0.29, 0.717) is 6.61 Å². The highest BCUT2D eigenvalue weighted by molar-refractivity contribution is 7.86. The molecule has 0 saturated carbocycles. The number of rotatable bonds is 5. The maximum absolute atomic E-state index is 12.4. The van der Waals surface area contributed by atoms with Crippen LogP contribution in [0.5, 0.6) is 0 Å². The number of hydrogen-bond donors (Lipinski definition) is 0. The summed E-state index contributed by atoms with van der Waals surface area (Å²) in [6, 6.07) is 6.50. The molecular formula is C18H26O7S. The van der Waals surface area contributed by atoms with Crippen LogP contribution in [0.15, 0.2) is 29.2 Å². The molecule has 0 unspecified atom stereocenters. The highest BCUT2D eigenvalue weighted by atomic mass is 32.2. The second kappa shape index (κ2) is 6.85. The maximum atomic E-state index is 12.4. The Bertz CT molecular complexity index is 739. The lowest BCUT2D eigenvalue weighted by Crippen LogP contribution is -2.40. The van der Waals surface area contributed by atoms with Crippen LogP contribution in [0.2, 0.25) is 0 Å². The average molecular weight is 386 g/mol. The monoisotopic (exact) mass is 386 g/mol.